The second kappa shape index (κ2) is 6.95. The van der Waals surface area contributed by atoms with Crippen molar-refractivity contribution >= 4 is 5.95 Å². The van der Waals surface area contributed by atoms with Crippen molar-refractivity contribution in [1.82, 2.24) is 9.97 Å². The van der Waals surface area contributed by atoms with E-state index in [9.17, 15) is 4.39 Å². The minimum atomic E-state index is -0.575. The van der Waals surface area contributed by atoms with Crippen LogP contribution in [0.15, 0.2) is 6.20 Å². The van der Waals surface area contributed by atoms with Gasteiger partial charge in [-0.3, -0.25) is 5.43 Å². The number of ether oxygens (including phenoxy) is 1. The summed E-state index contributed by atoms with van der Waals surface area (Å²) in [6.45, 7) is 2.59. The average molecular weight is 228 g/mol. The van der Waals surface area contributed by atoms with Crippen LogP contribution in [0.1, 0.15) is 32.6 Å². The Kier molecular flexibility index (Phi) is 5.49. The van der Waals surface area contributed by atoms with E-state index in [-0.39, 0.29) is 11.8 Å². The van der Waals surface area contributed by atoms with Gasteiger partial charge in [0.05, 0.1) is 12.8 Å². The molecule has 0 spiro atoms. The lowest BCUT2D eigenvalue weighted by Gasteiger charge is -2.06. The maximum Gasteiger partial charge on any atom is 0.255 e. The van der Waals surface area contributed by atoms with E-state index >= 15 is 0 Å². The fourth-order valence-electron chi connectivity index (χ4n) is 1.22. The zero-order valence-electron chi connectivity index (χ0n) is 9.37. The maximum atomic E-state index is 13.2. The summed E-state index contributed by atoms with van der Waals surface area (Å²) in [5.74, 6) is 4.62. The van der Waals surface area contributed by atoms with Crippen LogP contribution in [-0.2, 0) is 0 Å². The first kappa shape index (κ1) is 12.6. The molecule has 1 aromatic rings. The molecule has 0 radical (unpaired) electrons. The SMILES string of the molecule is CCCCCCOc1nc(NN)ncc1F. The molecule has 0 atom stereocenters. The van der Waals surface area contributed by atoms with Crippen LogP contribution >= 0.6 is 0 Å². The molecule has 1 aromatic heterocycles. The lowest BCUT2D eigenvalue weighted by Crippen LogP contribution is -2.12. The van der Waals surface area contributed by atoms with Crippen molar-refractivity contribution in [3.8, 4) is 5.88 Å². The van der Waals surface area contributed by atoms with Crippen molar-refractivity contribution in [2.24, 2.45) is 5.84 Å². The summed E-state index contributed by atoms with van der Waals surface area (Å²) in [5.41, 5.74) is 2.24. The molecule has 0 unspecified atom stereocenters. The zero-order valence-corrected chi connectivity index (χ0v) is 9.37. The van der Waals surface area contributed by atoms with Crippen LogP contribution < -0.4 is 16.0 Å². The third-order valence-corrected chi connectivity index (χ3v) is 2.08. The van der Waals surface area contributed by atoms with Gasteiger partial charge < -0.3 is 4.74 Å². The maximum absolute atomic E-state index is 13.2. The minimum absolute atomic E-state index is 0.0561. The molecule has 0 amide bonds. The van der Waals surface area contributed by atoms with Gasteiger partial charge in [0.1, 0.15) is 0 Å². The van der Waals surface area contributed by atoms with Crippen molar-refractivity contribution in [3.63, 3.8) is 0 Å². The highest BCUT2D eigenvalue weighted by molar-refractivity contribution is 5.26. The summed E-state index contributed by atoms with van der Waals surface area (Å²) in [7, 11) is 0. The normalized spacial score (nSPS) is 10.2. The first-order valence-corrected chi connectivity index (χ1v) is 5.40. The van der Waals surface area contributed by atoms with E-state index in [1.165, 1.54) is 0 Å². The number of nitrogens with one attached hydrogen (secondary N) is 1. The monoisotopic (exact) mass is 228 g/mol. The molecule has 0 bridgehead atoms. The molecule has 0 aromatic carbocycles. The zero-order chi connectivity index (χ0) is 11.8. The molecule has 0 saturated carbocycles. The van der Waals surface area contributed by atoms with Crippen LogP contribution in [0.25, 0.3) is 0 Å². The Bertz CT molecular complexity index is 322. The number of anilines is 1. The van der Waals surface area contributed by atoms with Gasteiger partial charge in [0.15, 0.2) is 0 Å². The van der Waals surface area contributed by atoms with Crippen molar-refractivity contribution in [1.29, 1.82) is 0 Å². The third kappa shape index (κ3) is 3.98. The van der Waals surface area contributed by atoms with Crippen LogP contribution in [0.5, 0.6) is 5.88 Å². The van der Waals surface area contributed by atoms with Gasteiger partial charge >= 0.3 is 0 Å². The molecule has 1 heterocycles. The fourth-order valence-corrected chi connectivity index (χ4v) is 1.22. The summed E-state index contributed by atoms with van der Waals surface area (Å²) in [4.78, 5) is 7.38. The number of rotatable bonds is 7. The number of unbranched alkanes of at least 4 members (excludes halogenated alkanes) is 3. The Labute approximate surface area is 94.2 Å². The molecular formula is C10H17FN4O. The van der Waals surface area contributed by atoms with E-state index in [0.29, 0.717) is 6.61 Å². The number of nitrogens with zero attached hydrogens (tertiary/aromatic N) is 2. The molecule has 16 heavy (non-hydrogen) atoms. The van der Waals surface area contributed by atoms with Crippen LogP contribution in [0.4, 0.5) is 10.3 Å². The first-order valence-electron chi connectivity index (χ1n) is 5.40. The molecule has 0 aliphatic carbocycles. The molecular weight excluding hydrogens is 211 g/mol. The number of hydrogen-bond donors (Lipinski definition) is 2. The number of aromatic nitrogens is 2. The summed E-state index contributed by atoms with van der Waals surface area (Å²) in [6.07, 6.45) is 5.31. The van der Waals surface area contributed by atoms with E-state index in [1.807, 2.05) is 0 Å². The van der Waals surface area contributed by atoms with Crippen LogP contribution in [0.2, 0.25) is 0 Å². The number of halogens is 1. The molecule has 6 heteroatoms. The minimum Gasteiger partial charge on any atom is -0.475 e. The van der Waals surface area contributed by atoms with Crippen LogP contribution in [0, 0.1) is 5.82 Å². The predicted molar refractivity (Wildman–Crippen MR) is 59.4 cm³/mol. The fraction of sp³-hybridized carbons (Fsp3) is 0.600. The Morgan fingerprint density at radius 3 is 2.94 bits per heavy atom. The largest absolute Gasteiger partial charge is 0.475 e. The Morgan fingerprint density at radius 2 is 2.25 bits per heavy atom. The second-order valence-electron chi connectivity index (χ2n) is 3.40. The van der Waals surface area contributed by atoms with Crippen molar-refractivity contribution in [2.75, 3.05) is 12.0 Å². The number of nitrogen functional groups attached to an aromatic ring is 1. The summed E-state index contributed by atoms with van der Waals surface area (Å²) in [6, 6.07) is 0. The summed E-state index contributed by atoms with van der Waals surface area (Å²) in [5, 5.41) is 0. The molecule has 90 valence electrons. The van der Waals surface area contributed by atoms with E-state index in [4.69, 9.17) is 10.6 Å². The van der Waals surface area contributed by atoms with Gasteiger partial charge in [0.2, 0.25) is 11.8 Å². The number of hydrogen-bond acceptors (Lipinski definition) is 5. The van der Waals surface area contributed by atoms with E-state index < -0.39 is 5.82 Å². The highest BCUT2D eigenvalue weighted by Crippen LogP contribution is 2.14. The predicted octanol–water partition coefficient (Wildman–Crippen LogP) is 1.86. The number of nitrogens with two attached hydrogens (primary N) is 1. The van der Waals surface area contributed by atoms with Crippen molar-refractivity contribution in [3.05, 3.63) is 12.0 Å². The quantitative estimate of drug-likeness (QED) is 0.423. The van der Waals surface area contributed by atoms with Gasteiger partial charge in [0.25, 0.3) is 5.88 Å². The highest BCUT2D eigenvalue weighted by Gasteiger charge is 2.07. The topological polar surface area (TPSA) is 73.1 Å². The third-order valence-electron chi connectivity index (χ3n) is 2.08. The standard InChI is InChI=1S/C10H17FN4O/c1-2-3-4-5-6-16-9-8(11)7-13-10(14-9)15-12/h7H,2-6,12H2,1H3,(H,13,14,15). The Morgan fingerprint density at radius 1 is 1.44 bits per heavy atom. The van der Waals surface area contributed by atoms with Gasteiger partial charge in [-0.05, 0) is 6.42 Å². The average Bonchev–Trinajstić information content (AvgIpc) is 2.31. The van der Waals surface area contributed by atoms with Crippen LogP contribution in [-0.4, -0.2) is 16.6 Å². The van der Waals surface area contributed by atoms with Gasteiger partial charge in [-0.2, -0.15) is 9.37 Å². The van der Waals surface area contributed by atoms with Crippen molar-refractivity contribution < 1.29 is 9.13 Å². The van der Waals surface area contributed by atoms with Crippen molar-refractivity contribution in [2.45, 2.75) is 32.6 Å². The molecule has 1 rings (SSSR count). The van der Waals surface area contributed by atoms with E-state index in [2.05, 4.69) is 22.3 Å². The lowest BCUT2D eigenvalue weighted by molar-refractivity contribution is 0.278. The number of hydrazine groups is 1. The summed E-state index contributed by atoms with van der Waals surface area (Å²) >= 11 is 0. The highest BCUT2D eigenvalue weighted by atomic mass is 19.1. The molecule has 0 aliphatic heterocycles. The lowest BCUT2D eigenvalue weighted by atomic mass is 10.2. The summed E-state index contributed by atoms with van der Waals surface area (Å²) < 4.78 is 18.4. The second-order valence-corrected chi connectivity index (χ2v) is 3.40. The Balaban J connectivity index is 2.40. The van der Waals surface area contributed by atoms with Gasteiger partial charge in [0, 0.05) is 0 Å². The van der Waals surface area contributed by atoms with Gasteiger partial charge in [-0.25, -0.2) is 10.8 Å². The van der Waals surface area contributed by atoms with Gasteiger partial charge in [-0.15, -0.1) is 0 Å². The smallest absolute Gasteiger partial charge is 0.255 e. The first-order chi connectivity index (χ1) is 7.77. The molecule has 5 nitrogen and oxygen atoms in total. The van der Waals surface area contributed by atoms with Gasteiger partial charge in [-0.1, -0.05) is 26.2 Å². The molecule has 0 saturated heterocycles. The molecule has 3 N–H and O–H groups in total. The molecule has 0 fully saturated rings. The Hall–Kier alpha value is -1.43. The van der Waals surface area contributed by atoms with Crippen LogP contribution in [0.3, 0.4) is 0 Å². The van der Waals surface area contributed by atoms with E-state index in [0.717, 1.165) is 31.9 Å². The molecule has 0 aliphatic rings. The van der Waals surface area contributed by atoms with E-state index in [1.54, 1.807) is 0 Å².